The smallest absolute Gasteiger partial charge is 0.318 e. The summed E-state index contributed by atoms with van der Waals surface area (Å²) in [4.78, 5) is 3.21. The molecule has 0 aliphatic rings. The quantitative estimate of drug-likeness (QED) is 0.904. The lowest BCUT2D eigenvalue weighted by atomic mass is 10.2. The number of rotatable bonds is 4. The van der Waals surface area contributed by atoms with Crippen LogP contribution in [0.3, 0.4) is 0 Å². The molecule has 5 nitrogen and oxygen atoms in total. The SMILES string of the molecule is CC(N)c1nnc(N(C)C(C)c2cccs2)o1. The van der Waals surface area contributed by atoms with Gasteiger partial charge in [0.25, 0.3) is 0 Å². The molecule has 6 heteroatoms. The first-order valence-electron chi connectivity index (χ1n) is 5.45. The summed E-state index contributed by atoms with van der Waals surface area (Å²) < 4.78 is 5.51. The van der Waals surface area contributed by atoms with Crippen LogP contribution >= 0.6 is 11.3 Å². The zero-order valence-electron chi connectivity index (χ0n) is 10.1. The maximum Gasteiger partial charge on any atom is 0.318 e. The van der Waals surface area contributed by atoms with Gasteiger partial charge in [-0.15, -0.1) is 16.4 Å². The third kappa shape index (κ3) is 2.48. The van der Waals surface area contributed by atoms with Crippen LogP contribution in [0, 0.1) is 0 Å². The Morgan fingerprint density at radius 2 is 2.18 bits per heavy atom. The van der Waals surface area contributed by atoms with Gasteiger partial charge in [0.1, 0.15) is 0 Å². The second-order valence-corrected chi connectivity index (χ2v) is 4.99. The highest BCUT2D eigenvalue weighted by Crippen LogP contribution is 2.27. The van der Waals surface area contributed by atoms with Crippen LogP contribution in [0.5, 0.6) is 0 Å². The van der Waals surface area contributed by atoms with E-state index in [1.807, 2.05) is 24.9 Å². The summed E-state index contributed by atoms with van der Waals surface area (Å²) >= 11 is 1.71. The van der Waals surface area contributed by atoms with E-state index < -0.39 is 0 Å². The second-order valence-electron chi connectivity index (χ2n) is 4.01. The van der Waals surface area contributed by atoms with Gasteiger partial charge in [-0.25, -0.2) is 0 Å². The average molecular weight is 252 g/mol. The van der Waals surface area contributed by atoms with Crippen molar-refractivity contribution in [3.63, 3.8) is 0 Å². The van der Waals surface area contributed by atoms with E-state index in [2.05, 4.69) is 28.6 Å². The van der Waals surface area contributed by atoms with Crippen LogP contribution in [-0.2, 0) is 0 Å². The zero-order chi connectivity index (χ0) is 12.4. The monoisotopic (exact) mass is 252 g/mol. The van der Waals surface area contributed by atoms with Crippen LogP contribution in [-0.4, -0.2) is 17.2 Å². The molecule has 2 rings (SSSR count). The van der Waals surface area contributed by atoms with Crippen LogP contribution in [0.1, 0.15) is 36.7 Å². The molecule has 0 aromatic carbocycles. The first kappa shape index (κ1) is 12.1. The van der Waals surface area contributed by atoms with E-state index in [0.29, 0.717) is 11.9 Å². The molecule has 92 valence electrons. The van der Waals surface area contributed by atoms with E-state index >= 15 is 0 Å². The van der Waals surface area contributed by atoms with Crippen LogP contribution in [0.15, 0.2) is 21.9 Å². The van der Waals surface area contributed by atoms with Crippen molar-refractivity contribution in [1.82, 2.24) is 10.2 Å². The summed E-state index contributed by atoms with van der Waals surface area (Å²) in [6.45, 7) is 3.92. The maximum absolute atomic E-state index is 5.69. The second kappa shape index (κ2) is 4.85. The fourth-order valence-corrected chi connectivity index (χ4v) is 2.26. The number of hydrogen-bond acceptors (Lipinski definition) is 6. The minimum atomic E-state index is -0.235. The molecule has 0 fully saturated rings. The van der Waals surface area contributed by atoms with Gasteiger partial charge >= 0.3 is 6.01 Å². The predicted molar refractivity (Wildman–Crippen MR) is 68.0 cm³/mol. The Morgan fingerprint density at radius 3 is 2.71 bits per heavy atom. The molecule has 0 amide bonds. The van der Waals surface area contributed by atoms with E-state index in [-0.39, 0.29) is 12.1 Å². The van der Waals surface area contributed by atoms with Gasteiger partial charge in [-0.3, -0.25) is 0 Å². The van der Waals surface area contributed by atoms with Crippen LogP contribution in [0.2, 0.25) is 0 Å². The molecule has 2 heterocycles. The summed E-state index contributed by atoms with van der Waals surface area (Å²) in [7, 11) is 1.93. The molecular formula is C11H16N4OS. The number of aromatic nitrogens is 2. The molecule has 2 N–H and O–H groups in total. The van der Waals surface area contributed by atoms with Gasteiger partial charge in [-0.05, 0) is 25.3 Å². The Morgan fingerprint density at radius 1 is 1.41 bits per heavy atom. The van der Waals surface area contributed by atoms with Crippen molar-refractivity contribution in [2.24, 2.45) is 5.73 Å². The predicted octanol–water partition coefficient (Wildman–Crippen LogP) is 2.35. The van der Waals surface area contributed by atoms with Crippen molar-refractivity contribution in [1.29, 1.82) is 0 Å². The van der Waals surface area contributed by atoms with Crippen molar-refractivity contribution in [3.05, 3.63) is 28.3 Å². The fraction of sp³-hybridized carbons (Fsp3) is 0.455. The maximum atomic E-state index is 5.69. The topological polar surface area (TPSA) is 68.2 Å². The normalized spacial score (nSPS) is 14.6. The van der Waals surface area contributed by atoms with E-state index in [0.717, 1.165) is 0 Å². The summed E-state index contributed by atoms with van der Waals surface area (Å²) in [6, 6.07) is 4.59. The Kier molecular flexibility index (Phi) is 3.44. The lowest BCUT2D eigenvalue weighted by molar-refractivity contribution is 0.454. The van der Waals surface area contributed by atoms with Gasteiger partial charge in [-0.1, -0.05) is 11.2 Å². The average Bonchev–Trinajstić information content (AvgIpc) is 2.97. The third-order valence-electron chi connectivity index (χ3n) is 2.66. The highest BCUT2D eigenvalue weighted by Gasteiger charge is 2.19. The van der Waals surface area contributed by atoms with Crippen molar-refractivity contribution in [3.8, 4) is 0 Å². The van der Waals surface area contributed by atoms with Crippen LogP contribution in [0.25, 0.3) is 0 Å². The molecule has 0 aliphatic heterocycles. The van der Waals surface area contributed by atoms with Gasteiger partial charge in [-0.2, -0.15) is 0 Å². The molecule has 0 bridgehead atoms. The van der Waals surface area contributed by atoms with Crippen LogP contribution < -0.4 is 10.6 Å². The zero-order valence-corrected chi connectivity index (χ0v) is 10.9. The van der Waals surface area contributed by atoms with E-state index in [1.165, 1.54) is 4.88 Å². The van der Waals surface area contributed by atoms with Gasteiger partial charge in [0, 0.05) is 11.9 Å². The molecule has 2 atom stereocenters. The molecule has 0 radical (unpaired) electrons. The minimum Gasteiger partial charge on any atom is -0.406 e. The van der Waals surface area contributed by atoms with Gasteiger partial charge in [0.2, 0.25) is 5.89 Å². The van der Waals surface area contributed by atoms with Crippen molar-refractivity contribution in [2.75, 3.05) is 11.9 Å². The highest BCUT2D eigenvalue weighted by atomic mass is 32.1. The molecule has 2 unspecified atom stereocenters. The summed E-state index contributed by atoms with van der Waals surface area (Å²) in [6.07, 6.45) is 0. The molecule has 0 saturated carbocycles. The first-order chi connectivity index (χ1) is 8.09. The van der Waals surface area contributed by atoms with Gasteiger partial charge in [0.15, 0.2) is 0 Å². The summed E-state index contributed by atoms with van der Waals surface area (Å²) in [5.74, 6) is 0.463. The molecule has 0 saturated heterocycles. The number of thiophene rings is 1. The Bertz CT molecular complexity index is 466. The molecule has 2 aromatic heterocycles. The number of nitrogens with zero attached hydrogens (tertiary/aromatic N) is 3. The molecule has 17 heavy (non-hydrogen) atoms. The fourth-order valence-electron chi connectivity index (χ4n) is 1.44. The van der Waals surface area contributed by atoms with E-state index in [4.69, 9.17) is 10.2 Å². The first-order valence-corrected chi connectivity index (χ1v) is 6.32. The number of hydrogen-bond donors (Lipinski definition) is 1. The standard InChI is InChI=1S/C11H16N4OS/c1-7(12)10-13-14-11(16-10)15(3)8(2)9-5-4-6-17-9/h4-8H,12H2,1-3H3. The van der Waals surface area contributed by atoms with Gasteiger partial charge < -0.3 is 15.1 Å². The van der Waals surface area contributed by atoms with E-state index in [9.17, 15) is 0 Å². The Hall–Kier alpha value is -1.40. The van der Waals surface area contributed by atoms with E-state index in [1.54, 1.807) is 11.3 Å². The lowest BCUT2D eigenvalue weighted by Crippen LogP contribution is -2.21. The molecular weight excluding hydrogens is 236 g/mol. The Balaban J connectivity index is 2.16. The summed E-state index contributed by atoms with van der Waals surface area (Å²) in [5, 5.41) is 9.98. The number of nitrogens with two attached hydrogens (primary N) is 1. The molecule has 0 spiro atoms. The number of anilines is 1. The third-order valence-corrected chi connectivity index (χ3v) is 3.70. The molecule has 0 aliphatic carbocycles. The van der Waals surface area contributed by atoms with Crippen LogP contribution in [0.4, 0.5) is 6.01 Å². The minimum absolute atomic E-state index is 0.205. The highest BCUT2D eigenvalue weighted by molar-refractivity contribution is 7.10. The van der Waals surface area contributed by atoms with Gasteiger partial charge in [0.05, 0.1) is 12.1 Å². The largest absolute Gasteiger partial charge is 0.406 e. The molecule has 2 aromatic rings. The lowest BCUT2D eigenvalue weighted by Gasteiger charge is -2.21. The Labute approximate surface area is 104 Å². The van der Waals surface area contributed by atoms with Crippen molar-refractivity contribution >= 4 is 17.4 Å². The van der Waals surface area contributed by atoms with Crippen molar-refractivity contribution in [2.45, 2.75) is 25.9 Å². The summed E-state index contributed by atoms with van der Waals surface area (Å²) in [5.41, 5.74) is 5.69. The van der Waals surface area contributed by atoms with Crippen molar-refractivity contribution < 1.29 is 4.42 Å².